The number of aromatic nitrogens is 2. The van der Waals surface area contributed by atoms with Crippen LogP contribution in [0.3, 0.4) is 0 Å². The second-order valence-electron chi connectivity index (χ2n) is 2.52. The molecule has 0 saturated heterocycles. The standard InChI is InChI=1S/C8H11N3O/c1-2-3-6-4-5-10-11-7(6)8(9)12/h4-5H,2-3H2,1H3,(H2,9,12). The summed E-state index contributed by atoms with van der Waals surface area (Å²) in [5, 5.41) is 7.27. The Morgan fingerprint density at radius 1 is 1.67 bits per heavy atom. The van der Waals surface area contributed by atoms with Gasteiger partial charge < -0.3 is 5.73 Å². The highest BCUT2D eigenvalue weighted by Crippen LogP contribution is 2.05. The van der Waals surface area contributed by atoms with Crippen molar-refractivity contribution in [3.8, 4) is 0 Å². The van der Waals surface area contributed by atoms with Crippen LogP contribution in [0.5, 0.6) is 0 Å². The van der Waals surface area contributed by atoms with Gasteiger partial charge in [-0.05, 0) is 18.1 Å². The summed E-state index contributed by atoms with van der Waals surface area (Å²) in [6.07, 6.45) is 3.34. The van der Waals surface area contributed by atoms with E-state index in [1.807, 2.05) is 6.92 Å². The van der Waals surface area contributed by atoms with E-state index in [0.717, 1.165) is 18.4 Å². The van der Waals surface area contributed by atoms with Gasteiger partial charge in [0, 0.05) is 6.20 Å². The fraction of sp³-hybridized carbons (Fsp3) is 0.375. The smallest absolute Gasteiger partial charge is 0.269 e. The first-order valence-corrected chi connectivity index (χ1v) is 3.86. The molecule has 4 nitrogen and oxygen atoms in total. The van der Waals surface area contributed by atoms with E-state index in [0.29, 0.717) is 5.69 Å². The molecule has 0 aliphatic heterocycles. The summed E-state index contributed by atoms with van der Waals surface area (Å²) < 4.78 is 0. The number of carbonyl (C=O) groups excluding carboxylic acids is 1. The molecule has 0 atom stereocenters. The monoisotopic (exact) mass is 165 g/mol. The minimum atomic E-state index is -0.508. The maximum absolute atomic E-state index is 10.8. The van der Waals surface area contributed by atoms with Crippen LogP contribution in [-0.2, 0) is 6.42 Å². The lowest BCUT2D eigenvalue weighted by Crippen LogP contribution is -2.16. The Labute approximate surface area is 70.8 Å². The van der Waals surface area contributed by atoms with E-state index >= 15 is 0 Å². The maximum atomic E-state index is 10.8. The second kappa shape index (κ2) is 3.80. The molecule has 4 heteroatoms. The summed E-state index contributed by atoms with van der Waals surface area (Å²) in [7, 11) is 0. The van der Waals surface area contributed by atoms with Gasteiger partial charge in [-0.2, -0.15) is 5.10 Å². The van der Waals surface area contributed by atoms with Gasteiger partial charge in [0.15, 0.2) is 5.69 Å². The topological polar surface area (TPSA) is 68.9 Å². The zero-order valence-electron chi connectivity index (χ0n) is 6.95. The Balaban J connectivity index is 3.00. The van der Waals surface area contributed by atoms with E-state index in [1.54, 1.807) is 12.3 Å². The van der Waals surface area contributed by atoms with Gasteiger partial charge in [-0.3, -0.25) is 4.79 Å². The van der Waals surface area contributed by atoms with E-state index in [1.165, 1.54) is 0 Å². The van der Waals surface area contributed by atoms with Crippen molar-refractivity contribution in [2.75, 3.05) is 0 Å². The predicted molar refractivity (Wildman–Crippen MR) is 44.5 cm³/mol. The van der Waals surface area contributed by atoms with Crippen molar-refractivity contribution < 1.29 is 4.79 Å². The molecule has 12 heavy (non-hydrogen) atoms. The third-order valence-electron chi connectivity index (χ3n) is 1.56. The number of aryl methyl sites for hydroxylation is 1. The van der Waals surface area contributed by atoms with Crippen LogP contribution in [-0.4, -0.2) is 16.1 Å². The van der Waals surface area contributed by atoms with Crippen molar-refractivity contribution in [2.24, 2.45) is 5.73 Å². The van der Waals surface area contributed by atoms with Gasteiger partial charge >= 0.3 is 0 Å². The Morgan fingerprint density at radius 3 is 3.00 bits per heavy atom. The molecule has 1 amide bonds. The lowest BCUT2D eigenvalue weighted by atomic mass is 10.1. The van der Waals surface area contributed by atoms with E-state index in [9.17, 15) is 4.79 Å². The van der Waals surface area contributed by atoms with Gasteiger partial charge in [0.05, 0.1) is 0 Å². The third kappa shape index (κ3) is 1.78. The Bertz CT molecular complexity index is 285. The van der Waals surface area contributed by atoms with E-state index < -0.39 is 5.91 Å². The maximum Gasteiger partial charge on any atom is 0.269 e. The van der Waals surface area contributed by atoms with Crippen LogP contribution in [0.2, 0.25) is 0 Å². The molecule has 0 bridgehead atoms. The number of nitrogens with two attached hydrogens (primary N) is 1. The molecule has 0 radical (unpaired) electrons. The number of hydrogen-bond donors (Lipinski definition) is 1. The van der Waals surface area contributed by atoms with Crippen molar-refractivity contribution in [1.82, 2.24) is 10.2 Å². The van der Waals surface area contributed by atoms with Gasteiger partial charge in [-0.15, -0.1) is 5.10 Å². The second-order valence-corrected chi connectivity index (χ2v) is 2.52. The van der Waals surface area contributed by atoms with Crippen molar-refractivity contribution in [1.29, 1.82) is 0 Å². The SMILES string of the molecule is CCCc1ccnnc1C(N)=O. The average Bonchev–Trinajstić information content (AvgIpc) is 2.05. The van der Waals surface area contributed by atoms with Crippen LogP contribution in [0, 0.1) is 0 Å². The zero-order valence-corrected chi connectivity index (χ0v) is 6.95. The molecule has 1 aromatic heterocycles. The molecule has 0 unspecified atom stereocenters. The predicted octanol–water partition coefficient (Wildman–Crippen LogP) is 0.528. The number of primary amides is 1. The highest BCUT2D eigenvalue weighted by molar-refractivity contribution is 5.92. The van der Waals surface area contributed by atoms with Crippen molar-refractivity contribution >= 4 is 5.91 Å². The summed E-state index contributed by atoms with van der Waals surface area (Å²) in [6.45, 7) is 2.03. The first-order chi connectivity index (χ1) is 5.75. The molecule has 64 valence electrons. The molecule has 0 aliphatic carbocycles. The van der Waals surface area contributed by atoms with Crippen LogP contribution in [0.25, 0.3) is 0 Å². The first kappa shape index (κ1) is 8.64. The van der Waals surface area contributed by atoms with Crippen LogP contribution in [0.1, 0.15) is 29.4 Å². The molecule has 0 aliphatic rings. The number of rotatable bonds is 3. The summed E-state index contributed by atoms with van der Waals surface area (Å²) in [4.78, 5) is 10.8. The van der Waals surface area contributed by atoms with E-state index in [4.69, 9.17) is 5.73 Å². The molecule has 0 fully saturated rings. The largest absolute Gasteiger partial charge is 0.364 e. The molecule has 1 heterocycles. The number of hydrogen-bond acceptors (Lipinski definition) is 3. The van der Waals surface area contributed by atoms with Crippen molar-refractivity contribution in [2.45, 2.75) is 19.8 Å². The van der Waals surface area contributed by atoms with Crippen LogP contribution in [0.4, 0.5) is 0 Å². The average molecular weight is 165 g/mol. The van der Waals surface area contributed by atoms with Crippen molar-refractivity contribution in [3.63, 3.8) is 0 Å². The van der Waals surface area contributed by atoms with Gasteiger partial charge in [-0.25, -0.2) is 0 Å². The third-order valence-corrected chi connectivity index (χ3v) is 1.56. The first-order valence-electron chi connectivity index (χ1n) is 3.86. The fourth-order valence-corrected chi connectivity index (χ4v) is 1.04. The Kier molecular flexibility index (Phi) is 2.74. The fourth-order valence-electron chi connectivity index (χ4n) is 1.04. The molecule has 2 N–H and O–H groups in total. The number of carbonyl (C=O) groups is 1. The number of amides is 1. The lowest BCUT2D eigenvalue weighted by molar-refractivity contribution is 0.0993. The van der Waals surface area contributed by atoms with Gasteiger partial charge in [-0.1, -0.05) is 13.3 Å². The van der Waals surface area contributed by atoms with Gasteiger partial charge in [0.1, 0.15) is 0 Å². The summed E-state index contributed by atoms with van der Waals surface area (Å²) in [5.74, 6) is -0.508. The normalized spacial score (nSPS) is 9.75. The quantitative estimate of drug-likeness (QED) is 0.710. The van der Waals surface area contributed by atoms with Crippen molar-refractivity contribution in [3.05, 3.63) is 23.5 Å². The summed E-state index contributed by atoms with van der Waals surface area (Å²) >= 11 is 0. The highest BCUT2D eigenvalue weighted by Gasteiger charge is 2.07. The number of nitrogens with zero attached hydrogens (tertiary/aromatic N) is 2. The molecule has 1 aromatic rings. The molecular formula is C8H11N3O. The Hall–Kier alpha value is -1.45. The molecule has 0 aromatic carbocycles. The van der Waals surface area contributed by atoms with Crippen LogP contribution in [0.15, 0.2) is 12.3 Å². The van der Waals surface area contributed by atoms with Gasteiger partial charge in [0.2, 0.25) is 0 Å². The zero-order chi connectivity index (χ0) is 8.97. The molecular weight excluding hydrogens is 154 g/mol. The van der Waals surface area contributed by atoms with Crippen LogP contribution >= 0.6 is 0 Å². The minimum Gasteiger partial charge on any atom is -0.364 e. The summed E-state index contributed by atoms with van der Waals surface area (Å²) in [6, 6.07) is 1.77. The Morgan fingerprint density at radius 2 is 2.42 bits per heavy atom. The summed E-state index contributed by atoms with van der Waals surface area (Å²) in [5.41, 5.74) is 6.27. The molecule has 1 rings (SSSR count). The highest BCUT2D eigenvalue weighted by atomic mass is 16.1. The van der Waals surface area contributed by atoms with E-state index in [2.05, 4.69) is 10.2 Å². The molecule has 0 spiro atoms. The van der Waals surface area contributed by atoms with E-state index in [-0.39, 0.29) is 0 Å². The molecule has 0 saturated carbocycles. The van der Waals surface area contributed by atoms with Crippen LogP contribution < -0.4 is 5.73 Å². The minimum absolute atomic E-state index is 0.291. The lowest BCUT2D eigenvalue weighted by Gasteiger charge is -2.00. The van der Waals surface area contributed by atoms with Gasteiger partial charge in [0.25, 0.3) is 5.91 Å².